The molecule has 0 heterocycles. The Morgan fingerprint density at radius 1 is 1.42 bits per heavy atom. The van der Waals surface area contributed by atoms with Gasteiger partial charge in [-0.25, -0.2) is 4.39 Å². The van der Waals surface area contributed by atoms with Crippen molar-refractivity contribution in [3.8, 4) is 5.75 Å². The predicted molar refractivity (Wildman–Crippen MR) is 69.9 cm³/mol. The van der Waals surface area contributed by atoms with Crippen LogP contribution < -0.4 is 4.74 Å². The van der Waals surface area contributed by atoms with Gasteiger partial charge in [-0.3, -0.25) is 4.79 Å². The molecule has 4 heteroatoms. The minimum atomic E-state index is -1.43. The first-order valence-corrected chi connectivity index (χ1v) is 6.57. The van der Waals surface area contributed by atoms with E-state index in [0.29, 0.717) is 18.8 Å². The fourth-order valence-corrected chi connectivity index (χ4v) is 2.56. The maximum atomic E-state index is 14.1. The number of carbonyl (C=O) groups is 1. The summed E-state index contributed by atoms with van der Waals surface area (Å²) in [6.45, 7) is 2.09. The van der Waals surface area contributed by atoms with Crippen LogP contribution >= 0.6 is 0 Å². The van der Waals surface area contributed by atoms with Crippen molar-refractivity contribution in [2.45, 2.75) is 38.2 Å². The zero-order valence-corrected chi connectivity index (χ0v) is 11.3. The molecule has 0 bridgehead atoms. The molecule has 0 saturated heterocycles. The largest absolute Gasteiger partial charge is 0.494 e. The van der Waals surface area contributed by atoms with E-state index in [1.807, 2.05) is 0 Å². The maximum absolute atomic E-state index is 14.1. The predicted octanol–water partition coefficient (Wildman–Crippen LogP) is 2.96. The third kappa shape index (κ3) is 2.63. The molecule has 0 atom stereocenters. The molecule has 1 aliphatic rings. The van der Waals surface area contributed by atoms with Crippen LogP contribution in [0.3, 0.4) is 0 Å². The van der Waals surface area contributed by atoms with Gasteiger partial charge in [0.05, 0.1) is 12.7 Å². The summed E-state index contributed by atoms with van der Waals surface area (Å²) in [7, 11) is 1.35. The molecule has 1 aromatic rings. The van der Waals surface area contributed by atoms with Crippen molar-refractivity contribution in [1.82, 2.24) is 0 Å². The smallest absolute Gasteiger partial charge is 0.197 e. The lowest BCUT2D eigenvalue weighted by Gasteiger charge is -2.33. The van der Waals surface area contributed by atoms with E-state index in [9.17, 15) is 14.3 Å². The standard InChI is InChI=1S/C15H19FO3/c1-10-6-8-15(18,9-7-10)14(17)11-4-3-5-12(19-2)13(11)16/h3-5,10,18H,6-9H2,1-2H3. The summed E-state index contributed by atoms with van der Waals surface area (Å²) in [6, 6.07) is 4.42. The lowest BCUT2D eigenvalue weighted by atomic mass is 9.75. The summed E-state index contributed by atoms with van der Waals surface area (Å²) in [4.78, 5) is 12.4. The van der Waals surface area contributed by atoms with E-state index in [1.54, 1.807) is 6.07 Å². The van der Waals surface area contributed by atoms with E-state index in [4.69, 9.17) is 4.74 Å². The van der Waals surface area contributed by atoms with Crippen LogP contribution in [0.15, 0.2) is 18.2 Å². The zero-order valence-electron chi connectivity index (χ0n) is 11.3. The second kappa shape index (κ2) is 5.29. The Balaban J connectivity index is 2.29. The Labute approximate surface area is 112 Å². The van der Waals surface area contributed by atoms with Crippen LogP contribution in [0.4, 0.5) is 4.39 Å². The zero-order chi connectivity index (χ0) is 14.0. The molecule has 1 aliphatic carbocycles. The number of ether oxygens (including phenoxy) is 1. The Morgan fingerprint density at radius 3 is 2.63 bits per heavy atom. The van der Waals surface area contributed by atoms with Crippen molar-refractivity contribution >= 4 is 5.78 Å². The number of benzene rings is 1. The van der Waals surface area contributed by atoms with Gasteiger partial charge in [0.1, 0.15) is 5.60 Å². The van der Waals surface area contributed by atoms with Gasteiger partial charge in [-0.2, -0.15) is 0 Å². The van der Waals surface area contributed by atoms with E-state index >= 15 is 0 Å². The third-order valence-corrected chi connectivity index (χ3v) is 3.95. The highest BCUT2D eigenvalue weighted by Crippen LogP contribution is 2.35. The molecule has 0 amide bonds. The van der Waals surface area contributed by atoms with Gasteiger partial charge in [0.15, 0.2) is 17.3 Å². The molecular formula is C15H19FO3. The number of carbonyl (C=O) groups excluding carboxylic acids is 1. The summed E-state index contributed by atoms with van der Waals surface area (Å²) >= 11 is 0. The molecule has 2 rings (SSSR count). The fraction of sp³-hybridized carbons (Fsp3) is 0.533. The van der Waals surface area contributed by atoms with Gasteiger partial charge in [-0.15, -0.1) is 0 Å². The van der Waals surface area contributed by atoms with Gasteiger partial charge in [0.25, 0.3) is 0 Å². The fourth-order valence-electron chi connectivity index (χ4n) is 2.56. The van der Waals surface area contributed by atoms with Crippen LogP contribution in [0.1, 0.15) is 43.0 Å². The first-order valence-electron chi connectivity index (χ1n) is 6.57. The average molecular weight is 266 g/mol. The monoisotopic (exact) mass is 266 g/mol. The molecule has 0 radical (unpaired) electrons. The van der Waals surface area contributed by atoms with Crippen molar-refractivity contribution in [1.29, 1.82) is 0 Å². The molecule has 19 heavy (non-hydrogen) atoms. The van der Waals surface area contributed by atoms with Gasteiger partial charge in [0.2, 0.25) is 0 Å². The SMILES string of the molecule is COc1cccc(C(=O)C2(O)CCC(C)CC2)c1F. The number of hydrogen-bond acceptors (Lipinski definition) is 3. The minimum Gasteiger partial charge on any atom is -0.494 e. The third-order valence-electron chi connectivity index (χ3n) is 3.95. The molecular weight excluding hydrogens is 247 g/mol. The highest BCUT2D eigenvalue weighted by molar-refractivity contribution is 6.02. The van der Waals surface area contributed by atoms with Crippen LogP contribution in [0.2, 0.25) is 0 Å². The van der Waals surface area contributed by atoms with Crippen LogP contribution in [-0.4, -0.2) is 23.6 Å². The van der Waals surface area contributed by atoms with Crippen molar-refractivity contribution in [2.24, 2.45) is 5.92 Å². The molecule has 1 aromatic carbocycles. The number of halogens is 1. The van der Waals surface area contributed by atoms with Crippen molar-refractivity contribution < 1.29 is 19.0 Å². The lowest BCUT2D eigenvalue weighted by Crippen LogP contribution is -2.42. The van der Waals surface area contributed by atoms with E-state index in [-0.39, 0.29) is 11.3 Å². The Morgan fingerprint density at radius 2 is 2.05 bits per heavy atom. The topological polar surface area (TPSA) is 46.5 Å². The number of rotatable bonds is 3. The number of aliphatic hydroxyl groups is 1. The van der Waals surface area contributed by atoms with Crippen LogP contribution in [0, 0.1) is 11.7 Å². The first-order chi connectivity index (χ1) is 8.98. The normalized spacial score (nSPS) is 27.1. The van der Waals surface area contributed by atoms with Gasteiger partial charge in [0, 0.05) is 0 Å². The summed E-state index contributed by atoms with van der Waals surface area (Å²) in [5.74, 6) is -0.695. The Hall–Kier alpha value is -1.42. The highest BCUT2D eigenvalue weighted by Gasteiger charge is 2.40. The second-order valence-electron chi connectivity index (χ2n) is 5.37. The van der Waals surface area contributed by atoms with Crippen molar-refractivity contribution in [3.63, 3.8) is 0 Å². The molecule has 1 N–H and O–H groups in total. The van der Waals surface area contributed by atoms with Crippen LogP contribution in [0.25, 0.3) is 0 Å². The molecule has 0 aromatic heterocycles. The maximum Gasteiger partial charge on any atom is 0.197 e. The average Bonchev–Trinajstić information content (AvgIpc) is 2.42. The summed E-state index contributed by atoms with van der Waals surface area (Å²) in [5.41, 5.74) is -1.52. The number of ketones is 1. The second-order valence-corrected chi connectivity index (χ2v) is 5.37. The molecule has 1 fully saturated rings. The van der Waals surface area contributed by atoms with E-state index in [1.165, 1.54) is 19.2 Å². The number of methoxy groups -OCH3 is 1. The van der Waals surface area contributed by atoms with Crippen LogP contribution in [0.5, 0.6) is 5.75 Å². The molecule has 0 spiro atoms. The Kier molecular flexibility index (Phi) is 3.90. The summed E-state index contributed by atoms with van der Waals surface area (Å²) in [6.07, 6.45) is 2.36. The minimum absolute atomic E-state index is 0.0265. The van der Waals surface area contributed by atoms with E-state index < -0.39 is 17.2 Å². The summed E-state index contributed by atoms with van der Waals surface area (Å²) in [5, 5.41) is 10.4. The first kappa shape index (κ1) is 14.0. The highest BCUT2D eigenvalue weighted by atomic mass is 19.1. The van der Waals surface area contributed by atoms with Crippen LogP contribution in [-0.2, 0) is 0 Å². The lowest BCUT2D eigenvalue weighted by molar-refractivity contribution is 0.00388. The van der Waals surface area contributed by atoms with E-state index in [2.05, 4.69) is 6.92 Å². The molecule has 0 unspecified atom stereocenters. The van der Waals surface area contributed by atoms with E-state index in [0.717, 1.165) is 12.8 Å². The van der Waals surface area contributed by atoms with Gasteiger partial charge < -0.3 is 9.84 Å². The van der Waals surface area contributed by atoms with Gasteiger partial charge in [-0.05, 0) is 43.7 Å². The van der Waals surface area contributed by atoms with Gasteiger partial charge in [-0.1, -0.05) is 13.0 Å². The van der Waals surface area contributed by atoms with Crippen molar-refractivity contribution in [2.75, 3.05) is 7.11 Å². The molecule has 0 aliphatic heterocycles. The molecule has 3 nitrogen and oxygen atoms in total. The molecule has 1 saturated carbocycles. The number of hydrogen-bond donors (Lipinski definition) is 1. The quantitative estimate of drug-likeness (QED) is 0.856. The van der Waals surface area contributed by atoms with Gasteiger partial charge >= 0.3 is 0 Å². The summed E-state index contributed by atoms with van der Waals surface area (Å²) < 4.78 is 18.9. The Bertz CT molecular complexity index is 476. The molecule has 104 valence electrons. The number of Topliss-reactive ketones (excluding diaryl/α,β-unsaturated/α-hetero) is 1. The van der Waals surface area contributed by atoms with Crippen molar-refractivity contribution in [3.05, 3.63) is 29.6 Å².